The fourth-order valence-corrected chi connectivity index (χ4v) is 4.79. The van der Waals surface area contributed by atoms with Crippen LogP contribution < -0.4 is 0 Å². The third kappa shape index (κ3) is 15.7. The first-order chi connectivity index (χ1) is 14.8. The van der Waals surface area contributed by atoms with Gasteiger partial charge in [-0.2, -0.15) is 0 Å². The Bertz CT molecular complexity index is 310. The van der Waals surface area contributed by atoms with E-state index in [1.165, 1.54) is 128 Å². The maximum absolute atomic E-state index is 6.21. The summed E-state index contributed by atoms with van der Waals surface area (Å²) in [6.07, 6.45) is 31.2. The van der Waals surface area contributed by atoms with Crippen molar-refractivity contribution in [1.82, 2.24) is 0 Å². The van der Waals surface area contributed by atoms with Crippen LogP contribution in [0, 0.1) is 0 Å². The number of hydrogen-bond donors (Lipinski definition) is 0. The summed E-state index contributed by atoms with van der Waals surface area (Å²) in [6.45, 7) is 6.39. The number of unbranched alkanes of at least 4 members (excludes halogenated alkanes) is 18. The predicted octanol–water partition coefficient (Wildman–Crippen LogP) is 9.74. The molecule has 0 aliphatic carbocycles. The van der Waals surface area contributed by atoms with E-state index in [4.69, 9.17) is 9.47 Å². The summed E-state index contributed by atoms with van der Waals surface area (Å²) in [6, 6.07) is 0. The van der Waals surface area contributed by atoms with Crippen molar-refractivity contribution in [3.05, 3.63) is 0 Å². The maximum atomic E-state index is 6.21. The topological polar surface area (TPSA) is 18.5 Å². The molecule has 2 nitrogen and oxygen atoms in total. The van der Waals surface area contributed by atoms with Gasteiger partial charge in [-0.1, -0.05) is 129 Å². The van der Waals surface area contributed by atoms with E-state index in [9.17, 15) is 0 Å². The Labute approximate surface area is 190 Å². The molecule has 1 fully saturated rings. The molecule has 1 heterocycles. The lowest BCUT2D eigenvalue weighted by Crippen LogP contribution is -2.40. The van der Waals surface area contributed by atoms with Gasteiger partial charge in [0.1, 0.15) is 0 Å². The first kappa shape index (κ1) is 28.0. The summed E-state index contributed by atoms with van der Waals surface area (Å²) >= 11 is 0. The van der Waals surface area contributed by atoms with Crippen LogP contribution >= 0.6 is 0 Å². The van der Waals surface area contributed by atoms with Crippen molar-refractivity contribution in [2.75, 3.05) is 13.2 Å². The lowest BCUT2D eigenvalue weighted by molar-refractivity contribution is -0.274. The highest BCUT2D eigenvalue weighted by molar-refractivity contribution is 4.73. The van der Waals surface area contributed by atoms with E-state index in [1.807, 2.05) is 0 Å². The van der Waals surface area contributed by atoms with Gasteiger partial charge in [-0.25, -0.2) is 0 Å². The van der Waals surface area contributed by atoms with Crippen LogP contribution in [0.3, 0.4) is 0 Å². The van der Waals surface area contributed by atoms with Gasteiger partial charge in [0.2, 0.25) is 0 Å². The average molecular weight is 425 g/mol. The third-order valence-electron chi connectivity index (χ3n) is 6.84. The molecule has 0 aromatic carbocycles. The van der Waals surface area contributed by atoms with Gasteiger partial charge in [-0.3, -0.25) is 0 Å². The van der Waals surface area contributed by atoms with Crippen LogP contribution in [0.1, 0.15) is 162 Å². The zero-order valence-corrected chi connectivity index (χ0v) is 21.0. The van der Waals surface area contributed by atoms with E-state index in [1.54, 1.807) is 0 Å². The molecule has 1 aliphatic heterocycles. The van der Waals surface area contributed by atoms with Crippen molar-refractivity contribution >= 4 is 0 Å². The molecule has 0 unspecified atom stereocenters. The molecule has 0 radical (unpaired) electrons. The van der Waals surface area contributed by atoms with Gasteiger partial charge in [-0.15, -0.1) is 0 Å². The van der Waals surface area contributed by atoms with Gasteiger partial charge < -0.3 is 9.47 Å². The highest BCUT2D eigenvalue weighted by Gasteiger charge is 2.33. The molecule has 0 saturated carbocycles. The quantitative estimate of drug-likeness (QED) is 0.161. The molecular formula is C28H56O2. The summed E-state index contributed by atoms with van der Waals surface area (Å²) in [5.74, 6) is -0.238. The van der Waals surface area contributed by atoms with Gasteiger partial charge in [0, 0.05) is 12.8 Å². The third-order valence-corrected chi connectivity index (χ3v) is 6.84. The van der Waals surface area contributed by atoms with Crippen molar-refractivity contribution in [3.8, 4) is 0 Å². The summed E-state index contributed by atoms with van der Waals surface area (Å²) in [5.41, 5.74) is 0. The molecule has 0 aromatic rings. The second-order valence-corrected chi connectivity index (χ2v) is 9.83. The molecule has 0 aromatic heterocycles. The molecule has 30 heavy (non-hydrogen) atoms. The fraction of sp³-hybridized carbons (Fsp3) is 1.00. The van der Waals surface area contributed by atoms with Crippen LogP contribution in [-0.2, 0) is 9.47 Å². The number of hydrogen-bond acceptors (Lipinski definition) is 2. The standard InChI is InChI=1S/C28H56O2/c1-3-5-7-9-11-13-15-17-19-21-24-28(29-26-23-27-30-28)25-22-20-18-16-14-12-10-8-6-4-2/h3-27H2,1-2H3. The Kier molecular flexibility index (Phi) is 19.4. The molecule has 1 aliphatic rings. The summed E-state index contributed by atoms with van der Waals surface area (Å²) in [4.78, 5) is 0. The average Bonchev–Trinajstić information content (AvgIpc) is 2.77. The fourth-order valence-electron chi connectivity index (χ4n) is 4.79. The minimum atomic E-state index is -0.238. The van der Waals surface area contributed by atoms with Gasteiger partial charge in [0.15, 0.2) is 5.79 Å². The molecule has 1 saturated heterocycles. The van der Waals surface area contributed by atoms with Crippen molar-refractivity contribution in [2.45, 2.75) is 167 Å². The Balaban J connectivity index is 2.02. The first-order valence-electron chi connectivity index (χ1n) is 14.1. The van der Waals surface area contributed by atoms with Gasteiger partial charge in [-0.05, 0) is 19.3 Å². The monoisotopic (exact) mass is 424 g/mol. The second kappa shape index (κ2) is 20.8. The first-order valence-corrected chi connectivity index (χ1v) is 14.1. The smallest absolute Gasteiger partial charge is 0.168 e. The van der Waals surface area contributed by atoms with Gasteiger partial charge in [0.05, 0.1) is 13.2 Å². The van der Waals surface area contributed by atoms with E-state index in [2.05, 4.69) is 13.8 Å². The van der Waals surface area contributed by atoms with Crippen LogP contribution in [0.4, 0.5) is 0 Å². The molecular weight excluding hydrogens is 368 g/mol. The highest BCUT2D eigenvalue weighted by atomic mass is 16.7. The molecule has 0 bridgehead atoms. The lowest BCUT2D eigenvalue weighted by Gasteiger charge is -2.37. The normalized spacial score (nSPS) is 16.2. The summed E-state index contributed by atoms with van der Waals surface area (Å²) < 4.78 is 12.4. The molecule has 180 valence electrons. The maximum Gasteiger partial charge on any atom is 0.168 e. The predicted molar refractivity (Wildman–Crippen MR) is 132 cm³/mol. The molecule has 0 N–H and O–H groups in total. The van der Waals surface area contributed by atoms with Crippen molar-refractivity contribution in [1.29, 1.82) is 0 Å². The van der Waals surface area contributed by atoms with Crippen LogP contribution in [0.15, 0.2) is 0 Å². The second-order valence-electron chi connectivity index (χ2n) is 9.83. The Morgan fingerprint density at radius 2 is 0.733 bits per heavy atom. The molecule has 1 rings (SSSR count). The Morgan fingerprint density at radius 1 is 0.433 bits per heavy atom. The lowest BCUT2D eigenvalue weighted by atomic mass is 9.97. The number of rotatable bonds is 22. The molecule has 2 heteroatoms. The van der Waals surface area contributed by atoms with Crippen LogP contribution in [0.2, 0.25) is 0 Å². The minimum absolute atomic E-state index is 0.238. The van der Waals surface area contributed by atoms with E-state index in [0.717, 1.165) is 32.5 Å². The molecule has 0 atom stereocenters. The van der Waals surface area contributed by atoms with E-state index in [0.29, 0.717) is 0 Å². The molecule has 0 spiro atoms. The SMILES string of the molecule is CCCCCCCCCCCCC1(CCCCCCCCCCCC)OCCCO1. The van der Waals surface area contributed by atoms with Crippen molar-refractivity contribution < 1.29 is 9.47 Å². The Hall–Kier alpha value is -0.0800. The zero-order chi connectivity index (χ0) is 21.6. The van der Waals surface area contributed by atoms with Crippen LogP contribution in [0.25, 0.3) is 0 Å². The largest absolute Gasteiger partial charge is 0.350 e. The number of ether oxygens (including phenoxy) is 2. The van der Waals surface area contributed by atoms with E-state index < -0.39 is 0 Å². The summed E-state index contributed by atoms with van der Waals surface area (Å²) in [5, 5.41) is 0. The van der Waals surface area contributed by atoms with Crippen molar-refractivity contribution in [3.63, 3.8) is 0 Å². The summed E-state index contributed by atoms with van der Waals surface area (Å²) in [7, 11) is 0. The van der Waals surface area contributed by atoms with Crippen LogP contribution in [-0.4, -0.2) is 19.0 Å². The highest BCUT2D eigenvalue weighted by Crippen LogP contribution is 2.31. The minimum Gasteiger partial charge on any atom is -0.350 e. The van der Waals surface area contributed by atoms with Crippen molar-refractivity contribution in [2.24, 2.45) is 0 Å². The molecule has 0 amide bonds. The van der Waals surface area contributed by atoms with E-state index >= 15 is 0 Å². The van der Waals surface area contributed by atoms with E-state index in [-0.39, 0.29) is 5.79 Å². The van der Waals surface area contributed by atoms with Gasteiger partial charge in [0.25, 0.3) is 0 Å². The van der Waals surface area contributed by atoms with Crippen LogP contribution in [0.5, 0.6) is 0 Å². The zero-order valence-electron chi connectivity index (χ0n) is 21.0. The van der Waals surface area contributed by atoms with Gasteiger partial charge >= 0.3 is 0 Å². The Morgan fingerprint density at radius 3 is 1.07 bits per heavy atom.